The topological polar surface area (TPSA) is 38.1 Å². The molecular formula is C27H32N2O3. The first kappa shape index (κ1) is 21.3. The van der Waals surface area contributed by atoms with Crippen LogP contribution < -0.4 is 4.74 Å². The van der Waals surface area contributed by atoms with Gasteiger partial charge in [-0.3, -0.25) is 9.80 Å². The van der Waals surface area contributed by atoms with E-state index in [0.717, 1.165) is 63.6 Å². The van der Waals surface area contributed by atoms with Crippen molar-refractivity contribution in [2.24, 2.45) is 0 Å². The number of hydrogen-bond acceptors (Lipinski definition) is 5. The first-order valence-electron chi connectivity index (χ1n) is 11.7. The Balaban J connectivity index is 1.13. The van der Waals surface area contributed by atoms with Crippen molar-refractivity contribution in [2.45, 2.75) is 45.2 Å². The molecule has 5 nitrogen and oxygen atoms in total. The molecule has 0 bridgehead atoms. The molecule has 0 radical (unpaired) electrons. The Bertz CT molecular complexity index is 966. The highest BCUT2D eigenvalue weighted by atomic mass is 16.5. The van der Waals surface area contributed by atoms with Gasteiger partial charge in [-0.2, -0.15) is 0 Å². The van der Waals surface area contributed by atoms with Crippen LogP contribution in [0.5, 0.6) is 5.75 Å². The van der Waals surface area contributed by atoms with Gasteiger partial charge in [-0.25, -0.2) is 0 Å². The number of likely N-dealkylation sites (tertiary alicyclic amines) is 1. The van der Waals surface area contributed by atoms with Gasteiger partial charge in [0, 0.05) is 38.3 Å². The number of hydrogen-bond donors (Lipinski definition) is 0. The van der Waals surface area contributed by atoms with Crippen LogP contribution >= 0.6 is 0 Å². The molecule has 0 N–H and O–H groups in total. The monoisotopic (exact) mass is 432 g/mol. The van der Waals surface area contributed by atoms with Gasteiger partial charge in [-0.05, 0) is 48.2 Å². The van der Waals surface area contributed by atoms with E-state index >= 15 is 0 Å². The number of rotatable bonds is 7. The lowest BCUT2D eigenvalue weighted by molar-refractivity contribution is -0.00394. The largest absolute Gasteiger partial charge is 0.492 e. The number of nitrogens with zero attached hydrogens (tertiary/aromatic N) is 2. The smallest absolute Gasteiger partial charge is 0.123 e. The van der Waals surface area contributed by atoms with Crippen LogP contribution in [0.2, 0.25) is 0 Å². The fraction of sp³-hybridized carbons (Fsp3) is 0.407. The molecule has 32 heavy (non-hydrogen) atoms. The summed E-state index contributed by atoms with van der Waals surface area (Å²) in [5.41, 5.74) is 3.88. The lowest BCUT2D eigenvalue weighted by atomic mass is 10.0. The predicted molar refractivity (Wildman–Crippen MR) is 124 cm³/mol. The number of piperidine rings is 1. The van der Waals surface area contributed by atoms with Crippen molar-refractivity contribution in [3.8, 4) is 5.75 Å². The minimum atomic E-state index is 0.363. The maximum atomic E-state index is 6.15. The summed E-state index contributed by atoms with van der Waals surface area (Å²) in [6.45, 7) is 7.18. The van der Waals surface area contributed by atoms with Crippen LogP contribution in [-0.4, -0.2) is 42.1 Å². The molecule has 0 amide bonds. The van der Waals surface area contributed by atoms with Crippen molar-refractivity contribution < 1.29 is 13.9 Å². The van der Waals surface area contributed by atoms with Crippen molar-refractivity contribution in [3.63, 3.8) is 0 Å². The molecule has 0 unspecified atom stereocenters. The molecular weight excluding hydrogens is 400 g/mol. The first-order chi connectivity index (χ1) is 15.8. The lowest BCUT2D eigenvalue weighted by Crippen LogP contribution is -2.36. The number of ether oxygens (including phenoxy) is 2. The summed E-state index contributed by atoms with van der Waals surface area (Å²) in [7, 11) is 0. The van der Waals surface area contributed by atoms with Gasteiger partial charge in [0.25, 0.3) is 0 Å². The molecule has 0 saturated carbocycles. The summed E-state index contributed by atoms with van der Waals surface area (Å²) in [4.78, 5) is 4.94. The summed E-state index contributed by atoms with van der Waals surface area (Å²) < 4.78 is 17.7. The normalized spacial score (nSPS) is 18.1. The van der Waals surface area contributed by atoms with Gasteiger partial charge < -0.3 is 13.9 Å². The molecule has 5 heteroatoms. The van der Waals surface area contributed by atoms with Crippen LogP contribution in [0.3, 0.4) is 0 Å². The van der Waals surface area contributed by atoms with Crippen LogP contribution in [0.1, 0.15) is 35.3 Å². The standard InChI is InChI=1S/C27H32N2O3/c1-2-5-22(6-3-1)21-32-25-10-12-28(13-11-25)18-23-8-9-27-24(17-23)19-29(14-16-31-27)20-26-7-4-15-30-26/h1-9,15,17,25H,10-14,16,18-21H2. The molecule has 1 aromatic heterocycles. The fourth-order valence-corrected chi connectivity index (χ4v) is 4.64. The van der Waals surface area contributed by atoms with Gasteiger partial charge >= 0.3 is 0 Å². The Morgan fingerprint density at radius 2 is 1.72 bits per heavy atom. The van der Waals surface area contributed by atoms with Crippen LogP contribution in [0.25, 0.3) is 0 Å². The van der Waals surface area contributed by atoms with Gasteiger partial charge in [0.15, 0.2) is 0 Å². The van der Waals surface area contributed by atoms with Crippen molar-refractivity contribution in [3.05, 3.63) is 89.4 Å². The molecule has 3 heterocycles. The molecule has 2 aliphatic heterocycles. The van der Waals surface area contributed by atoms with Gasteiger partial charge in [-0.1, -0.05) is 36.4 Å². The van der Waals surface area contributed by atoms with Gasteiger partial charge in [0.05, 0.1) is 25.5 Å². The van der Waals surface area contributed by atoms with E-state index < -0.39 is 0 Å². The summed E-state index contributed by atoms with van der Waals surface area (Å²) in [5, 5.41) is 0. The van der Waals surface area contributed by atoms with Crippen LogP contribution in [0.15, 0.2) is 71.3 Å². The van der Waals surface area contributed by atoms with Crippen molar-refractivity contribution in [1.82, 2.24) is 9.80 Å². The predicted octanol–water partition coefficient (Wildman–Crippen LogP) is 4.86. The molecule has 5 rings (SSSR count). The zero-order chi connectivity index (χ0) is 21.6. The summed E-state index contributed by atoms with van der Waals surface area (Å²) >= 11 is 0. The highest BCUT2D eigenvalue weighted by Crippen LogP contribution is 2.26. The minimum absolute atomic E-state index is 0.363. The highest BCUT2D eigenvalue weighted by Gasteiger charge is 2.21. The zero-order valence-corrected chi connectivity index (χ0v) is 18.6. The molecule has 2 aliphatic rings. The molecule has 0 atom stereocenters. The minimum Gasteiger partial charge on any atom is -0.492 e. The Labute approximate surface area is 190 Å². The Morgan fingerprint density at radius 3 is 2.53 bits per heavy atom. The Kier molecular flexibility index (Phi) is 6.87. The van der Waals surface area contributed by atoms with E-state index in [-0.39, 0.29) is 0 Å². The van der Waals surface area contributed by atoms with E-state index in [1.807, 2.05) is 18.2 Å². The van der Waals surface area contributed by atoms with E-state index in [0.29, 0.717) is 19.3 Å². The average Bonchev–Trinajstić information content (AvgIpc) is 3.25. The van der Waals surface area contributed by atoms with Crippen LogP contribution in [-0.2, 0) is 31.0 Å². The van der Waals surface area contributed by atoms with Gasteiger partial charge in [0.2, 0.25) is 0 Å². The van der Waals surface area contributed by atoms with Gasteiger partial charge in [0.1, 0.15) is 18.1 Å². The van der Waals surface area contributed by atoms with Crippen molar-refractivity contribution in [1.29, 1.82) is 0 Å². The maximum absolute atomic E-state index is 6.15. The van der Waals surface area contributed by atoms with E-state index in [2.05, 4.69) is 52.3 Å². The quantitative estimate of drug-likeness (QED) is 0.533. The summed E-state index contributed by atoms with van der Waals surface area (Å²) in [6, 6.07) is 21.1. The number of furan rings is 1. The van der Waals surface area contributed by atoms with Crippen LogP contribution in [0.4, 0.5) is 0 Å². The van der Waals surface area contributed by atoms with Crippen LogP contribution in [0, 0.1) is 0 Å². The average molecular weight is 433 g/mol. The van der Waals surface area contributed by atoms with E-state index in [4.69, 9.17) is 13.9 Å². The fourth-order valence-electron chi connectivity index (χ4n) is 4.64. The number of fused-ring (bicyclic) bond motifs is 1. The third-order valence-electron chi connectivity index (χ3n) is 6.41. The second kappa shape index (κ2) is 10.3. The van der Waals surface area contributed by atoms with Gasteiger partial charge in [-0.15, -0.1) is 0 Å². The SMILES string of the molecule is c1ccc(COC2CCN(Cc3ccc4c(c3)CN(Cc3ccco3)CCO4)CC2)cc1. The second-order valence-corrected chi connectivity index (χ2v) is 8.85. The molecule has 3 aromatic rings. The van der Waals surface area contributed by atoms with E-state index in [9.17, 15) is 0 Å². The molecule has 0 aliphatic carbocycles. The second-order valence-electron chi connectivity index (χ2n) is 8.85. The molecule has 2 aromatic carbocycles. The Morgan fingerprint density at radius 1 is 0.844 bits per heavy atom. The van der Waals surface area contributed by atoms with E-state index in [1.165, 1.54) is 16.7 Å². The first-order valence-corrected chi connectivity index (χ1v) is 11.7. The molecule has 168 valence electrons. The Hall–Kier alpha value is -2.60. The summed E-state index contributed by atoms with van der Waals surface area (Å²) in [5.74, 6) is 2.02. The zero-order valence-electron chi connectivity index (χ0n) is 18.6. The summed E-state index contributed by atoms with van der Waals surface area (Å²) in [6.07, 6.45) is 4.29. The number of benzene rings is 2. The third-order valence-corrected chi connectivity index (χ3v) is 6.41. The lowest BCUT2D eigenvalue weighted by Gasteiger charge is -2.32. The van der Waals surface area contributed by atoms with Crippen molar-refractivity contribution in [2.75, 3.05) is 26.2 Å². The maximum Gasteiger partial charge on any atom is 0.123 e. The van der Waals surface area contributed by atoms with Crippen molar-refractivity contribution >= 4 is 0 Å². The van der Waals surface area contributed by atoms with E-state index in [1.54, 1.807) is 6.26 Å². The molecule has 1 saturated heterocycles. The highest BCUT2D eigenvalue weighted by molar-refractivity contribution is 5.38. The molecule has 1 fully saturated rings. The molecule has 0 spiro atoms. The third kappa shape index (κ3) is 5.60.